The Morgan fingerprint density at radius 1 is 1.23 bits per heavy atom. The molecule has 0 fully saturated rings. The smallest absolute Gasteiger partial charge is 0.345 e. The summed E-state index contributed by atoms with van der Waals surface area (Å²) in [6.45, 7) is 0.460. The Balaban J connectivity index is 1.97. The van der Waals surface area contributed by atoms with Crippen molar-refractivity contribution in [2.24, 2.45) is 0 Å². The Kier molecular flexibility index (Phi) is 5.23. The van der Waals surface area contributed by atoms with Gasteiger partial charge in [-0.05, 0) is 42.3 Å². The molecule has 1 heterocycles. The maximum absolute atomic E-state index is 13.5. The van der Waals surface area contributed by atoms with E-state index in [2.05, 4.69) is 10.3 Å². The van der Waals surface area contributed by atoms with Gasteiger partial charge in [0.05, 0.1) is 18.3 Å². The van der Waals surface area contributed by atoms with Crippen LogP contribution in [0.4, 0.5) is 10.1 Å². The zero-order valence-corrected chi connectivity index (χ0v) is 14.7. The van der Waals surface area contributed by atoms with E-state index in [0.29, 0.717) is 34.6 Å². The lowest BCUT2D eigenvalue weighted by molar-refractivity contribution is 0.0600. The SMILES string of the molecule is COC(=O)c1c(NCCc2ccc(Cl)cc2)c2ccc(F)cc2[nH]c1=O. The Bertz CT molecular complexity index is 1020. The zero-order valence-electron chi connectivity index (χ0n) is 13.9. The monoisotopic (exact) mass is 374 g/mol. The second-order valence-corrected chi connectivity index (χ2v) is 6.13. The minimum Gasteiger partial charge on any atom is -0.465 e. The minimum absolute atomic E-state index is 0.136. The van der Waals surface area contributed by atoms with E-state index < -0.39 is 17.3 Å². The molecule has 3 aromatic rings. The molecule has 0 bridgehead atoms. The van der Waals surface area contributed by atoms with Crippen LogP contribution in [0, 0.1) is 5.82 Å². The van der Waals surface area contributed by atoms with Crippen LogP contribution in [0.1, 0.15) is 15.9 Å². The fourth-order valence-electron chi connectivity index (χ4n) is 2.73. The Morgan fingerprint density at radius 2 is 1.96 bits per heavy atom. The molecule has 0 radical (unpaired) electrons. The highest BCUT2D eigenvalue weighted by molar-refractivity contribution is 6.30. The van der Waals surface area contributed by atoms with E-state index >= 15 is 0 Å². The van der Waals surface area contributed by atoms with Gasteiger partial charge in [0.15, 0.2) is 0 Å². The van der Waals surface area contributed by atoms with Crippen LogP contribution in [-0.2, 0) is 11.2 Å². The molecule has 0 aliphatic rings. The molecular formula is C19H16ClFN2O3. The molecule has 7 heteroatoms. The molecule has 0 atom stereocenters. The number of rotatable bonds is 5. The van der Waals surface area contributed by atoms with Gasteiger partial charge in [0.2, 0.25) is 0 Å². The first-order valence-electron chi connectivity index (χ1n) is 7.92. The largest absolute Gasteiger partial charge is 0.465 e. The molecule has 3 rings (SSSR count). The number of fused-ring (bicyclic) bond motifs is 1. The molecule has 0 amide bonds. The van der Waals surface area contributed by atoms with Gasteiger partial charge in [0, 0.05) is 17.0 Å². The van der Waals surface area contributed by atoms with Crippen molar-refractivity contribution in [3.8, 4) is 0 Å². The number of hydrogen-bond donors (Lipinski definition) is 2. The number of hydrogen-bond acceptors (Lipinski definition) is 4. The number of aromatic amines is 1. The van der Waals surface area contributed by atoms with Crippen LogP contribution in [0.25, 0.3) is 10.9 Å². The number of pyridine rings is 1. The van der Waals surface area contributed by atoms with E-state index in [1.54, 1.807) is 12.1 Å². The van der Waals surface area contributed by atoms with Gasteiger partial charge >= 0.3 is 5.97 Å². The van der Waals surface area contributed by atoms with Crippen molar-refractivity contribution < 1.29 is 13.9 Å². The third kappa shape index (κ3) is 3.70. The lowest BCUT2D eigenvalue weighted by Crippen LogP contribution is -2.23. The van der Waals surface area contributed by atoms with Gasteiger partial charge in [0.25, 0.3) is 5.56 Å². The Morgan fingerprint density at radius 3 is 2.65 bits per heavy atom. The van der Waals surface area contributed by atoms with Crippen molar-refractivity contribution in [3.05, 3.63) is 74.8 Å². The molecule has 134 valence electrons. The number of anilines is 1. The van der Waals surface area contributed by atoms with E-state index in [-0.39, 0.29) is 5.56 Å². The van der Waals surface area contributed by atoms with Crippen molar-refractivity contribution in [1.29, 1.82) is 0 Å². The first-order valence-corrected chi connectivity index (χ1v) is 8.29. The third-order valence-electron chi connectivity index (χ3n) is 3.99. The number of benzene rings is 2. The predicted octanol–water partition coefficient (Wildman–Crippen LogP) is 3.76. The lowest BCUT2D eigenvalue weighted by Gasteiger charge is -2.13. The van der Waals surface area contributed by atoms with Gasteiger partial charge in [-0.3, -0.25) is 4.79 Å². The topological polar surface area (TPSA) is 71.2 Å². The van der Waals surface area contributed by atoms with Gasteiger partial charge in [-0.1, -0.05) is 23.7 Å². The minimum atomic E-state index is -0.758. The number of halogens is 2. The predicted molar refractivity (Wildman–Crippen MR) is 99.5 cm³/mol. The highest BCUT2D eigenvalue weighted by atomic mass is 35.5. The van der Waals surface area contributed by atoms with Crippen LogP contribution in [-0.4, -0.2) is 24.6 Å². The number of ether oxygens (including phenoxy) is 1. The summed E-state index contributed by atoms with van der Waals surface area (Å²) in [5.41, 5.74) is 0.898. The van der Waals surface area contributed by atoms with Crippen molar-refractivity contribution in [2.75, 3.05) is 19.0 Å². The van der Waals surface area contributed by atoms with Crippen LogP contribution < -0.4 is 10.9 Å². The number of esters is 1. The summed E-state index contributed by atoms with van der Waals surface area (Å²) in [4.78, 5) is 26.9. The number of methoxy groups -OCH3 is 1. The number of carbonyl (C=O) groups is 1. The van der Waals surface area contributed by atoms with Crippen LogP contribution >= 0.6 is 11.6 Å². The van der Waals surface area contributed by atoms with Crippen molar-refractivity contribution in [1.82, 2.24) is 4.98 Å². The maximum atomic E-state index is 13.5. The first kappa shape index (κ1) is 17.9. The normalized spacial score (nSPS) is 10.7. The van der Waals surface area contributed by atoms with Gasteiger partial charge in [-0.15, -0.1) is 0 Å². The van der Waals surface area contributed by atoms with Gasteiger partial charge in [0.1, 0.15) is 11.4 Å². The summed E-state index contributed by atoms with van der Waals surface area (Å²) in [7, 11) is 1.20. The van der Waals surface area contributed by atoms with E-state index in [0.717, 1.165) is 5.56 Å². The molecule has 5 nitrogen and oxygen atoms in total. The summed E-state index contributed by atoms with van der Waals surface area (Å²) in [6, 6.07) is 11.4. The molecule has 0 aliphatic heterocycles. The van der Waals surface area contributed by atoms with Crippen molar-refractivity contribution >= 4 is 34.2 Å². The molecule has 0 unspecified atom stereocenters. The molecule has 0 saturated carbocycles. The van der Waals surface area contributed by atoms with Gasteiger partial charge < -0.3 is 15.0 Å². The number of nitrogens with one attached hydrogen (secondary N) is 2. The van der Waals surface area contributed by atoms with Crippen LogP contribution in [0.15, 0.2) is 47.3 Å². The van der Waals surface area contributed by atoms with Gasteiger partial charge in [-0.25, -0.2) is 9.18 Å². The number of H-pyrrole nitrogens is 1. The molecule has 0 saturated heterocycles. The van der Waals surface area contributed by atoms with E-state index in [1.807, 2.05) is 12.1 Å². The Labute approximate surface area is 153 Å². The highest BCUT2D eigenvalue weighted by Crippen LogP contribution is 2.25. The molecule has 26 heavy (non-hydrogen) atoms. The number of aromatic nitrogens is 1. The third-order valence-corrected chi connectivity index (χ3v) is 4.25. The molecular weight excluding hydrogens is 359 g/mol. The fraction of sp³-hybridized carbons (Fsp3) is 0.158. The lowest BCUT2D eigenvalue weighted by atomic mass is 10.1. The van der Waals surface area contributed by atoms with Crippen LogP contribution in [0.5, 0.6) is 0 Å². The molecule has 2 aromatic carbocycles. The van der Waals surface area contributed by atoms with Gasteiger partial charge in [-0.2, -0.15) is 0 Å². The average Bonchev–Trinajstić information content (AvgIpc) is 2.62. The molecule has 0 aliphatic carbocycles. The summed E-state index contributed by atoms with van der Waals surface area (Å²) in [6.07, 6.45) is 0.646. The molecule has 1 aromatic heterocycles. The van der Waals surface area contributed by atoms with E-state index in [9.17, 15) is 14.0 Å². The summed E-state index contributed by atoms with van der Waals surface area (Å²) < 4.78 is 18.2. The quantitative estimate of drug-likeness (QED) is 0.667. The van der Waals surface area contributed by atoms with Crippen LogP contribution in [0.2, 0.25) is 5.02 Å². The Hall–Kier alpha value is -2.86. The van der Waals surface area contributed by atoms with Crippen LogP contribution in [0.3, 0.4) is 0 Å². The molecule has 2 N–H and O–H groups in total. The second-order valence-electron chi connectivity index (χ2n) is 5.69. The van der Waals surface area contributed by atoms with Crippen molar-refractivity contribution in [3.63, 3.8) is 0 Å². The average molecular weight is 375 g/mol. The van der Waals surface area contributed by atoms with Crippen molar-refractivity contribution in [2.45, 2.75) is 6.42 Å². The van der Waals surface area contributed by atoms with E-state index in [1.165, 1.54) is 25.3 Å². The number of carbonyl (C=O) groups excluding carboxylic acids is 1. The zero-order chi connectivity index (χ0) is 18.7. The highest BCUT2D eigenvalue weighted by Gasteiger charge is 2.20. The standard InChI is InChI=1S/C19H16ClFN2O3/c1-26-19(25)16-17(22-9-8-11-2-4-12(20)5-3-11)14-7-6-13(21)10-15(14)23-18(16)24/h2-7,10H,8-9H2,1H3,(H2,22,23,24). The maximum Gasteiger partial charge on any atom is 0.345 e. The fourth-order valence-corrected chi connectivity index (χ4v) is 2.86. The first-order chi connectivity index (χ1) is 12.5. The summed E-state index contributed by atoms with van der Waals surface area (Å²) in [5.74, 6) is -1.24. The summed E-state index contributed by atoms with van der Waals surface area (Å²) >= 11 is 5.87. The van der Waals surface area contributed by atoms with E-state index in [4.69, 9.17) is 16.3 Å². The molecule has 0 spiro atoms. The second kappa shape index (κ2) is 7.58. The summed E-state index contributed by atoms with van der Waals surface area (Å²) in [5, 5.41) is 4.30.